The van der Waals surface area contributed by atoms with Gasteiger partial charge in [0.2, 0.25) is 0 Å². The fraction of sp³-hybridized carbons (Fsp3) is 0.344. The number of fused-ring (bicyclic) bond motifs is 1. The van der Waals surface area contributed by atoms with Crippen LogP contribution in [0.4, 0.5) is 0 Å². The van der Waals surface area contributed by atoms with E-state index in [0.29, 0.717) is 31.2 Å². The minimum absolute atomic E-state index is 0.0167. The SMILES string of the molecule is Cc1ccc2c(c1)CN(C)CCC(c1ccccc1)CCCN(C(=O)c1ccccc1-n1cncn1)CCO2. The third-order valence-corrected chi connectivity index (χ3v) is 7.47. The van der Waals surface area contributed by atoms with E-state index in [1.165, 1.54) is 23.0 Å². The van der Waals surface area contributed by atoms with Crippen LogP contribution >= 0.6 is 0 Å². The van der Waals surface area contributed by atoms with Crippen LogP contribution in [0.1, 0.15) is 52.2 Å². The second-order valence-electron chi connectivity index (χ2n) is 10.4. The molecule has 7 nitrogen and oxygen atoms in total. The van der Waals surface area contributed by atoms with Gasteiger partial charge in [-0.1, -0.05) is 60.2 Å². The van der Waals surface area contributed by atoms with E-state index >= 15 is 0 Å². The zero-order valence-electron chi connectivity index (χ0n) is 22.9. The second-order valence-corrected chi connectivity index (χ2v) is 10.4. The largest absolute Gasteiger partial charge is 0.491 e. The first-order valence-corrected chi connectivity index (χ1v) is 13.8. The monoisotopic (exact) mass is 523 g/mol. The normalized spacial score (nSPS) is 17.6. The fourth-order valence-corrected chi connectivity index (χ4v) is 5.39. The van der Waals surface area contributed by atoms with Gasteiger partial charge < -0.3 is 14.5 Å². The number of nitrogens with zero attached hydrogens (tertiary/aromatic N) is 5. The first-order valence-electron chi connectivity index (χ1n) is 13.8. The summed E-state index contributed by atoms with van der Waals surface area (Å²) in [5, 5.41) is 4.27. The average molecular weight is 524 g/mol. The molecule has 1 aromatic heterocycles. The first-order chi connectivity index (χ1) is 19.1. The van der Waals surface area contributed by atoms with Crippen LogP contribution in [0.2, 0.25) is 0 Å². The predicted molar refractivity (Wildman–Crippen MR) is 153 cm³/mol. The molecule has 2 heterocycles. The minimum Gasteiger partial charge on any atom is -0.491 e. The van der Waals surface area contributed by atoms with Crippen molar-refractivity contribution in [1.82, 2.24) is 24.6 Å². The molecule has 7 heteroatoms. The summed E-state index contributed by atoms with van der Waals surface area (Å²) in [6.45, 7) is 5.52. The Kier molecular flexibility index (Phi) is 8.68. The van der Waals surface area contributed by atoms with Gasteiger partial charge >= 0.3 is 0 Å². The maximum atomic E-state index is 13.9. The molecule has 0 bridgehead atoms. The van der Waals surface area contributed by atoms with Gasteiger partial charge in [-0.2, -0.15) is 5.10 Å². The molecule has 1 aliphatic heterocycles. The molecule has 0 saturated carbocycles. The highest BCUT2D eigenvalue weighted by Gasteiger charge is 2.22. The molecule has 1 atom stereocenters. The lowest BCUT2D eigenvalue weighted by Gasteiger charge is -2.27. The molecule has 39 heavy (non-hydrogen) atoms. The summed E-state index contributed by atoms with van der Waals surface area (Å²) in [7, 11) is 2.19. The highest BCUT2D eigenvalue weighted by Crippen LogP contribution is 2.28. The van der Waals surface area contributed by atoms with Crippen molar-refractivity contribution >= 4 is 5.91 Å². The van der Waals surface area contributed by atoms with Crippen molar-refractivity contribution in [3.63, 3.8) is 0 Å². The predicted octanol–water partition coefficient (Wildman–Crippen LogP) is 5.50. The quantitative estimate of drug-likeness (QED) is 0.355. The van der Waals surface area contributed by atoms with Gasteiger partial charge in [0.25, 0.3) is 5.91 Å². The first kappa shape index (κ1) is 26.6. The lowest BCUT2D eigenvalue weighted by Crippen LogP contribution is -2.36. The van der Waals surface area contributed by atoms with Crippen LogP contribution in [0.3, 0.4) is 0 Å². The summed E-state index contributed by atoms with van der Waals surface area (Å²) in [6, 6.07) is 24.7. The summed E-state index contributed by atoms with van der Waals surface area (Å²) in [5.41, 5.74) is 5.11. The molecule has 0 aliphatic carbocycles. The molecule has 202 valence electrons. The maximum Gasteiger partial charge on any atom is 0.256 e. The molecular formula is C32H37N5O2. The topological polar surface area (TPSA) is 63.5 Å². The van der Waals surface area contributed by atoms with Crippen LogP contribution in [0.5, 0.6) is 5.75 Å². The number of benzene rings is 3. The van der Waals surface area contributed by atoms with Crippen molar-refractivity contribution < 1.29 is 9.53 Å². The molecule has 0 N–H and O–H groups in total. The maximum absolute atomic E-state index is 13.9. The van der Waals surface area contributed by atoms with Crippen molar-refractivity contribution in [1.29, 1.82) is 0 Å². The van der Waals surface area contributed by atoms with Gasteiger partial charge in [-0.3, -0.25) is 4.79 Å². The van der Waals surface area contributed by atoms with Crippen molar-refractivity contribution in [3.05, 3.63) is 108 Å². The van der Waals surface area contributed by atoms with Crippen molar-refractivity contribution in [2.24, 2.45) is 0 Å². The van der Waals surface area contributed by atoms with E-state index in [9.17, 15) is 4.79 Å². The number of carbonyl (C=O) groups is 1. The number of para-hydroxylation sites is 1. The molecule has 5 rings (SSSR count). The zero-order valence-corrected chi connectivity index (χ0v) is 22.9. The van der Waals surface area contributed by atoms with Crippen molar-refractivity contribution in [2.45, 2.75) is 38.6 Å². The van der Waals surface area contributed by atoms with Gasteiger partial charge in [-0.25, -0.2) is 9.67 Å². The third-order valence-electron chi connectivity index (χ3n) is 7.47. The van der Waals surface area contributed by atoms with Gasteiger partial charge in [0.15, 0.2) is 0 Å². The molecule has 0 saturated heterocycles. The minimum atomic E-state index is -0.0167. The Hall–Kier alpha value is -3.97. The van der Waals surface area contributed by atoms with Gasteiger partial charge in [-0.05, 0) is 69.5 Å². The molecule has 0 fully saturated rings. The Labute approximate surface area is 231 Å². The standard InChI is InChI=1S/C32H37N5O2/c1-25-14-15-31-28(21-25)22-35(2)18-16-27(26-9-4-3-5-10-26)11-8-17-36(19-20-39-31)32(38)29-12-6-7-13-30(29)37-24-33-23-34-37/h3-7,9-10,12-15,21,23-24,27H,8,11,16-20,22H2,1-2H3. The number of hydrogen-bond donors (Lipinski definition) is 0. The number of rotatable bonds is 3. The summed E-state index contributed by atoms with van der Waals surface area (Å²) in [4.78, 5) is 22.3. The van der Waals surface area contributed by atoms with Crippen LogP contribution in [-0.2, 0) is 6.54 Å². The summed E-state index contributed by atoms with van der Waals surface area (Å²) in [6.07, 6.45) is 6.10. The van der Waals surface area contributed by atoms with Gasteiger partial charge in [0.05, 0.1) is 17.8 Å². The fourth-order valence-electron chi connectivity index (χ4n) is 5.39. The van der Waals surface area contributed by atoms with Gasteiger partial charge in [-0.15, -0.1) is 0 Å². The van der Waals surface area contributed by atoms with E-state index in [-0.39, 0.29) is 5.91 Å². The molecule has 1 amide bonds. The molecule has 0 spiro atoms. The third kappa shape index (κ3) is 6.73. The van der Waals surface area contributed by atoms with Crippen molar-refractivity contribution in [3.8, 4) is 11.4 Å². The van der Waals surface area contributed by atoms with E-state index in [0.717, 1.165) is 43.8 Å². The Morgan fingerprint density at radius 2 is 1.77 bits per heavy atom. The Bertz CT molecular complexity index is 1360. The van der Waals surface area contributed by atoms with E-state index in [4.69, 9.17) is 4.74 Å². The number of amides is 1. The molecule has 1 aliphatic rings. The summed E-state index contributed by atoms with van der Waals surface area (Å²) < 4.78 is 7.94. The Morgan fingerprint density at radius 1 is 0.949 bits per heavy atom. The van der Waals surface area contributed by atoms with Crippen LogP contribution in [0.25, 0.3) is 5.69 Å². The molecule has 4 aromatic rings. The molecule has 0 radical (unpaired) electrons. The molecule has 1 unspecified atom stereocenters. The van der Waals surface area contributed by atoms with E-state index in [1.54, 1.807) is 11.0 Å². The second kappa shape index (κ2) is 12.7. The number of hydrogen-bond acceptors (Lipinski definition) is 5. The lowest BCUT2D eigenvalue weighted by molar-refractivity contribution is 0.0724. The molecular weight excluding hydrogens is 486 g/mol. The Balaban J connectivity index is 1.42. The number of aryl methyl sites for hydroxylation is 1. The zero-order chi connectivity index (χ0) is 27.0. The van der Waals surface area contributed by atoms with E-state index in [1.807, 2.05) is 29.2 Å². The summed E-state index contributed by atoms with van der Waals surface area (Å²) >= 11 is 0. The Morgan fingerprint density at radius 3 is 2.59 bits per heavy atom. The number of aromatic nitrogens is 3. The van der Waals surface area contributed by atoms with E-state index in [2.05, 4.69) is 77.5 Å². The van der Waals surface area contributed by atoms with Gasteiger partial charge in [0.1, 0.15) is 25.0 Å². The lowest BCUT2D eigenvalue weighted by atomic mass is 9.90. The number of carbonyl (C=O) groups excluding carboxylic acids is 1. The summed E-state index contributed by atoms with van der Waals surface area (Å²) in [5.74, 6) is 1.31. The highest BCUT2D eigenvalue weighted by atomic mass is 16.5. The van der Waals surface area contributed by atoms with Crippen LogP contribution in [0.15, 0.2) is 85.5 Å². The van der Waals surface area contributed by atoms with E-state index < -0.39 is 0 Å². The van der Waals surface area contributed by atoms with Crippen LogP contribution < -0.4 is 4.74 Å². The average Bonchev–Trinajstić information content (AvgIpc) is 3.50. The van der Waals surface area contributed by atoms with Crippen LogP contribution in [-0.4, -0.2) is 63.8 Å². The highest BCUT2D eigenvalue weighted by molar-refractivity contribution is 5.97. The van der Waals surface area contributed by atoms with Crippen LogP contribution in [0, 0.1) is 6.92 Å². The van der Waals surface area contributed by atoms with Gasteiger partial charge in [0, 0.05) is 18.7 Å². The number of ether oxygens (including phenoxy) is 1. The molecule has 3 aromatic carbocycles. The smallest absolute Gasteiger partial charge is 0.256 e. The van der Waals surface area contributed by atoms with Crippen molar-refractivity contribution in [2.75, 3.05) is 33.3 Å².